The van der Waals surface area contributed by atoms with Gasteiger partial charge in [0.2, 0.25) is 11.8 Å². The third-order valence-corrected chi connectivity index (χ3v) is 3.20. The molecule has 0 spiro atoms. The normalized spacial score (nSPS) is 10.4. The topological polar surface area (TPSA) is 90.0 Å². The van der Waals surface area contributed by atoms with E-state index in [-0.39, 0.29) is 18.9 Å². The van der Waals surface area contributed by atoms with Crippen molar-refractivity contribution in [1.82, 2.24) is 9.78 Å². The number of halogens is 2. The summed E-state index contributed by atoms with van der Waals surface area (Å²) in [5, 5.41) is 7.54. The van der Waals surface area contributed by atoms with Gasteiger partial charge in [-0.2, -0.15) is 5.10 Å². The van der Waals surface area contributed by atoms with E-state index in [4.69, 9.17) is 28.9 Å². The number of nitrogens with one attached hydrogen (secondary N) is 1. The summed E-state index contributed by atoms with van der Waals surface area (Å²) in [4.78, 5) is 22.7. The Balaban J connectivity index is 2.00. The summed E-state index contributed by atoms with van der Waals surface area (Å²) in [6.07, 6.45) is 3.03. The van der Waals surface area contributed by atoms with Gasteiger partial charge in [0.05, 0.1) is 18.3 Å². The van der Waals surface area contributed by atoms with Crippen LogP contribution < -0.4 is 11.1 Å². The largest absolute Gasteiger partial charge is 0.368 e. The number of aromatic nitrogens is 2. The van der Waals surface area contributed by atoms with Crippen molar-refractivity contribution < 1.29 is 9.59 Å². The molecule has 2 amide bonds. The molecule has 0 saturated heterocycles. The maximum atomic E-state index is 11.9. The molecule has 0 fully saturated rings. The highest BCUT2D eigenvalue weighted by atomic mass is 35.5. The average Bonchev–Trinajstić information content (AvgIpc) is 2.80. The first kappa shape index (κ1) is 15.3. The van der Waals surface area contributed by atoms with E-state index in [1.54, 1.807) is 18.2 Å². The van der Waals surface area contributed by atoms with Crippen molar-refractivity contribution in [3.05, 3.63) is 46.2 Å². The zero-order valence-corrected chi connectivity index (χ0v) is 12.4. The van der Waals surface area contributed by atoms with Crippen LogP contribution in [-0.2, 0) is 22.6 Å². The van der Waals surface area contributed by atoms with E-state index in [1.807, 2.05) is 0 Å². The van der Waals surface area contributed by atoms with Crippen molar-refractivity contribution in [3.8, 4) is 0 Å². The number of rotatable bonds is 5. The van der Waals surface area contributed by atoms with Crippen LogP contribution in [0.3, 0.4) is 0 Å². The van der Waals surface area contributed by atoms with Gasteiger partial charge in [0.15, 0.2) is 0 Å². The molecule has 2 aromatic rings. The Morgan fingerprint density at radius 2 is 2.10 bits per heavy atom. The van der Waals surface area contributed by atoms with Gasteiger partial charge < -0.3 is 11.1 Å². The number of benzene rings is 1. The van der Waals surface area contributed by atoms with E-state index in [1.165, 1.54) is 17.1 Å². The number of anilines is 1. The maximum absolute atomic E-state index is 11.9. The summed E-state index contributed by atoms with van der Waals surface area (Å²) >= 11 is 11.9. The lowest BCUT2D eigenvalue weighted by Gasteiger charge is -2.05. The molecule has 0 aliphatic heterocycles. The van der Waals surface area contributed by atoms with E-state index >= 15 is 0 Å². The summed E-state index contributed by atoms with van der Waals surface area (Å²) in [7, 11) is 0. The zero-order valence-electron chi connectivity index (χ0n) is 10.8. The Kier molecular flexibility index (Phi) is 4.82. The predicted octanol–water partition coefficient (Wildman–Crippen LogP) is 1.86. The van der Waals surface area contributed by atoms with Crippen LogP contribution in [0.5, 0.6) is 0 Å². The molecule has 0 aliphatic carbocycles. The van der Waals surface area contributed by atoms with Crippen LogP contribution in [0, 0.1) is 0 Å². The highest BCUT2D eigenvalue weighted by Crippen LogP contribution is 2.21. The van der Waals surface area contributed by atoms with Gasteiger partial charge in [0.1, 0.15) is 6.54 Å². The molecule has 110 valence electrons. The third kappa shape index (κ3) is 4.47. The zero-order chi connectivity index (χ0) is 15.4. The fraction of sp³-hybridized carbons (Fsp3) is 0.154. The molecule has 0 unspecified atom stereocenters. The Bertz CT molecular complexity index is 685. The van der Waals surface area contributed by atoms with Crippen LogP contribution in [0.25, 0.3) is 0 Å². The molecule has 0 saturated carbocycles. The minimum atomic E-state index is -0.512. The number of carbonyl (C=O) groups is 2. The van der Waals surface area contributed by atoms with Crippen molar-refractivity contribution in [3.63, 3.8) is 0 Å². The van der Waals surface area contributed by atoms with E-state index in [0.29, 0.717) is 21.3 Å². The molecule has 2 rings (SSSR count). The minimum absolute atomic E-state index is 0.0456. The smallest absolute Gasteiger partial charge is 0.239 e. The number of nitrogens with two attached hydrogens (primary N) is 1. The SMILES string of the molecule is NC(=O)Cn1cc(NC(=O)Cc2cc(Cl)ccc2Cl)cn1. The average molecular weight is 327 g/mol. The number of hydrogen-bond acceptors (Lipinski definition) is 3. The first-order valence-electron chi connectivity index (χ1n) is 5.98. The number of carbonyl (C=O) groups excluding carboxylic acids is 2. The molecule has 0 atom stereocenters. The molecule has 3 N–H and O–H groups in total. The Morgan fingerprint density at radius 1 is 1.33 bits per heavy atom. The van der Waals surface area contributed by atoms with Crippen LogP contribution in [0.1, 0.15) is 5.56 Å². The number of hydrogen-bond donors (Lipinski definition) is 2. The van der Waals surface area contributed by atoms with Gasteiger partial charge in [-0.15, -0.1) is 0 Å². The van der Waals surface area contributed by atoms with E-state index < -0.39 is 5.91 Å². The summed E-state index contributed by atoms with van der Waals surface area (Å²) in [6.45, 7) is -0.0456. The Labute approximate surface area is 130 Å². The van der Waals surface area contributed by atoms with Crippen LogP contribution in [0.4, 0.5) is 5.69 Å². The number of amides is 2. The molecule has 1 heterocycles. The second-order valence-corrected chi connectivity index (χ2v) is 5.20. The van der Waals surface area contributed by atoms with Crippen LogP contribution in [-0.4, -0.2) is 21.6 Å². The predicted molar refractivity (Wildman–Crippen MR) is 80.2 cm³/mol. The first-order chi connectivity index (χ1) is 9.94. The van der Waals surface area contributed by atoms with E-state index in [9.17, 15) is 9.59 Å². The number of primary amides is 1. The second kappa shape index (κ2) is 6.60. The van der Waals surface area contributed by atoms with Crippen molar-refractivity contribution in [1.29, 1.82) is 0 Å². The molecule has 0 aliphatic rings. The molecule has 6 nitrogen and oxygen atoms in total. The maximum Gasteiger partial charge on any atom is 0.239 e. The third-order valence-electron chi connectivity index (χ3n) is 2.59. The van der Waals surface area contributed by atoms with Crippen LogP contribution >= 0.6 is 23.2 Å². The standard InChI is InChI=1S/C13H12Cl2N4O2/c14-9-1-2-11(15)8(3-9)4-13(21)18-10-5-17-19(6-10)7-12(16)20/h1-3,5-6H,4,7H2,(H2,16,20)(H,18,21). The van der Waals surface area contributed by atoms with Crippen molar-refractivity contribution >= 4 is 40.7 Å². The summed E-state index contributed by atoms with van der Waals surface area (Å²) in [5.41, 5.74) is 6.16. The van der Waals surface area contributed by atoms with Crippen LogP contribution in [0.2, 0.25) is 10.0 Å². The highest BCUT2D eigenvalue weighted by Gasteiger charge is 2.10. The van der Waals surface area contributed by atoms with E-state index in [2.05, 4.69) is 10.4 Å². The second-order valence-electron chi connectivity index (χ2n) is 4.35. The van der Waals surface area contributed by atoms with Gasteiger partial charge in [0.25, 0.3) is 0 Å². The van der Waals surface area contributed by atoms with Crippen molar-refractivity contribution in [2.75, 3.05) is 5.32 Å². The van der Waals surface area contributed by atoms with Crippen molar-refractivity contribution in [2.45, 2.75) is 13.0 Å². The molecular weight excluding hydrogens is 315 g/mol. The lowest BCUT2D eigenvalue weighted by molar-refractivity contribution is -0.118. The molecule has 21 heavy (non-hydrogen) atoms. The summed E-state index contributed by atoms with van der Waals surface area (Å²) < 4.78 is 1.34. The summed E-state index contributed by atoms with van der Waals surface area (Å²) in [6, 6.07) is 4.93. The van der Waals surface area contributed by atoms with Gasteiger partial charge >= 0.3 is 0 Å². The van der Waals surface area contributed by atoms with Gasteiger partial charge in [-0.3, -0.25) is 14.3 Å². The fourth-order valence-corrected chi connectivity index (χ4v) is 2.11. The quantitative estimate of drug-likeness (QED) is 0.878. The fourth-order valence-electron chi connectivity index (χ4n) is 1.73. The molecule has 8 heteroatoms. The van der Waals surface area contributed by atoms with Gasteiger partial charge in [-0.25, -0.2) is 0 Å². The van der Waals surface area contributed by atoms with Gasteiger partial charge in [0, 0.05) is 16.2 Å². The molecule has 1 aromatic heterocycles. The van der Waals surface area contributed by atoms with Crippen molar-refractivity contribution in [2.24, 2.45) is 5.73 Å². The number of nitrogens with zero attached hydrogens (tertiary/aromatic N) is 2. The van der Waals surface area contributed by atoms with Crippen LogP contribution in [0.15, 0.2) is 30.6 Å². The lowest BCUT2D eigenvalue weighted by atomic mass is 10.1. The monoisotopic (exact) mass is 326 g/mol. The lowest BCUT2D eigenvalue weighted by Crippen LogP contribution is -2.19. The molecule has 0 radical (unpaired) electrons. The first-order valence-corrected chi connectivity index (χ1v) is 6.74. The van der Waals surface area contributed by atoms with E-state index in [0.717, 1.165) is 0 Å². The molecule has 0 bridgehead atoms. The van der Waals surface area contributed by atoms with Gasteiger partial charge in [-0.1, -0.05) is 23.2 Å². The minimum Gasteiger partial charge on any atom is -0.368 e. The molecular formula is C13H12Cl2N4O2. The molecule has 1 aromatic carbocycles. The highest BCUT2D eigenvalue weighted by molar-refractivity contribution is 6.33. The Hall–Kier alpha value is -2.05. The Morgan fingerprint density at radius 3 is 2.81 bits per heavy atom. The summed E-state index contributed by atoms with van der Waals surface area (Å²) in [5.74, 6) is -0.778. The van der Waals surface area contributed by atoms with Gasteiger partial charge in [-0.05, 0) is 23.8 Å².